The van der Waals surface area contributed by atoms with Gasteiger partial charge in [-0.15, -0.1) is 0 Å². The molecule has 0 bridgehead atoms. The highest BCUT2D eigenvalue weighted by Crippen LogP contribution is 2.35. The second kappa shape index (κ2) is 6.51. The predicted octanol–water partition coefficient (Wildman–Crippen LogP) is 2.22. The van der Waals surface area contributed by atoms with Crippen LogP contribution in [0, 0.1) is 0 Å². The van der Waals surface area contributed by atoms with Gasteiger partial charge in [-0.3, -0.25) is 14.2 Å². The highest BCUT2D eigenvalue weighted by molar-refractivity contribution is 9.10. The van der Waals surface area contributed by atoms with Crippen molar-refractivity contribution in [2.75, 3.05) is 6.54 Å². The number of rotatable bonds is 5. The van der Waals surface area contributed by atoms with E-state index >= 15 is 0 Å². The maximum Gasteiger partial charge on any atom is 0.436 e. The number of nitrogens with zero attached hydrogens (tertiary/aromatic N) is 4. The quantitative estimate of drug-likeness (QED) is 0.810. The zero-order chi connectivity index (χ0) is 16.3. The molecule has 0 radical (unpaired) electrons. The zero-order valence-corrected chi connectivity index (χ0v) is 13.1. The van der Waals surface area contributed by atoms with Gasteiger partial charge in [0.15, 0.2) is 5.69 Å². The monoisotopic (exact) mass is 379 g/mol. The van der Waals surface area contributed by atoms with Crippen molar-refractivity contribution >= 4 is 21.8 Å². The van der Waals surface area contributed by atoms with Crippen molar-refractivity contribution in [1.82, 2.24) is 24.9 Å². The lowest BCUT2D eigenvalue weighted by molar-refractivity contribution is -0.142. The van der Waals surface area contributed by atoms with Gasteiger partial charge in [0, 0.05) is 32.5 Å². The summed E-state index contributed by atoms with van der Waals surface area (Å²) in [6, 6.07) is 1.78. The molecule has 0 atom stereocenters. The van der Waals surface area contributed by atoms with Gasteiger partial charge in [0.05, 0.1) is 4.47 Å². The molecule has 0 fully saturated rings. The van der Waals surface area contributed by atoms with Crippen molar-refractivity contribution in [3.8, 4) is 0 Å². The summed E-state index contributed by atoms with van der Waals surface area (Å²) < 4.78 is 40.4. The lowest BCUT2D eigenvalue weighted by Gasteiger charge is -2.06. The van der Waals surface area contributed by atoms with E-state index in [1.165, 1.54) is 7.05 Å². The molecule has 2 aromatic rings. The summed E-state index contributed by atoms with van der Waals surface area (Å²) in [5.41, 5.74) is -1.27. The Morgan fingerprint density at radius 3 is 2.73 bits per heavy atom. The lowest BCUT2D eigenvalue weighted by atomic mass is 10.3. The van der Waals surface area contributed by atoms with Gasteiger partial charge in [-0.2, -0.15) is 23.4 Å². The Morgan fingerprint density at radius 2 is 2.18 bits per heavy atom. The Labute approximate surface area is 132 Å². The van der Waals surface area contributed by atoms with Gasteiger partial charge in [-0.05, 0) is 28.4 Å². The third-order valence-corrected chi connectivity index (χ3v) is 3.63. The average molecular weight is 380 g/mol. The molecule has 2 heterocycles. The van der Waals surface area contributed by atoms with Crippen molar-refractivity contribution in [3.63, 3.8) is 0 Å². The molecule has 0 unspecified atom stereocenters. The summed E-state index contributed by atoms with van der Waals surface area (Å²) in [4.78, 5) is 12.0. The van der Waals surface area contributed by atoms with E-state index in [4.69, 9.17) is 0 Å². The summed E-state index contributed by atoms with van der Waals surface area (Å²) >= 11 is 2.80. The largest absolute Gasteiger partial charge is 0.436 e. The minimum absolute atomic E-state index is 0.161. The van der Waals surface area contributed by atoms with Crippen LogP contribution in [0.15, 0.2) is 22.9 Å². The molecule has 0 aliphatic heterocycles. The standard InChI is InChI=1S/C12H13BrF3N5O/c1-20-9(8(13)10(19-20)12(14,15)16)11(22)17-4-2-6-21-7-3-5-18-21/h3,5,7H,2,4,6H2,1H3,(H,17,22). The highest BCUT2D eigenvalue weighted by Gasteiger charge is 2.39. The van der Waals surface area contributed by atoms with Crippen molar-refractivity contribution in [2.24, 2.45) is 7.05 Å². The van der Waals surface area contributed by atoms with Crippen molar-refractivity contribution in [1.29, 1.82) is 0 Å². The molecule has 6 nitrogen and oxygen atoms in total. The first-order valence-electron chi connectivity index (χ1n) is 6.36. The van der Waals surface area contributed by atoms with Crippen LogP contribution < -0.4 is 5.32 Å². The van der Waals surface area contributed by atoms with E-state index in [-0.39, 0.29) is 10.2 Å². The molecule has 0 saturated heterocycles. The first-order chi connectivity index (χ1) is 10.3. The number of hydrogen-bond donors (Lipinski definition) is 1. The summed E-state index contributed by atoms with van der Waals surface area (Å²) in [7, 11) is 1.29. The minimum atomic E-state index is -4.62. The van der Waals surface area contributed by atoms with Gasteiger partial charge in [0.1, 0.15) is 5.69 Å². The first-order valence-corrected chi connectivity index (χ1v) is 7.15. The van der Waals surface area contributed by atoms with Crippen LogP contribution in [-0.4, -0.2) is 32.0 Å². The molecule has 0 spiro atoms. The fourth-order valence-corrected chi connectivity index (χ4v) is 2.63. The molecule has 120 valence electrons. The van der Waals surface area contributed by atoms with E-state index in [9.17, 15) is 18.0 Å². The maximum absolute atomic E-state index is 12.7. The van der Waals surface area contributed by atoms with E-state index in [1.54, 1.807) is 23.1 Å². The number of halogens is 4. The fraction of sp³-hybridized carbons (Fsp3) is 0.417. The van der Waals surface area contributed by atoms with Gasteiger partial charge in [-0.25, -0.2) is 0 Å². The molecular formula is C12H13BrF3N5O. The number of aryl methyl sites for hydroxylation is 2. The van der Waals surface area contributed by atoms with Gasteiger partial charge in [0.2, 0.25) is 0 Å². The molecule has 1 amide bonds. The second-order valence-corrected chi connectivity index (χ2v) is 5.30. The van der Waals surface area contributed by atoms with E-state index in [2.05, 4.69) is 31.4 Å². The summed E-state index contributed by atoms with van der Waals surface area (Å²) in [5, 5.41) is 9.92. The molecular weight excluding hydrogens is 367 g/mol. The topological polar surface area (TPSA) is 64.7 Å². The normalized spacial score (nSPS) is 11.7. The smallest absolute Gasteiger partial charge is 0.351 e. The van der Waals surface area contributed by atoms with Crippen LogP contribution in [0.25, 0.3) is 0 Å². The number of nitrogens with one attached hydrogen (secondary N) is 1. The number of amides is 1. The second-order valence-electron chi connectivity index (χ2n) is 4.51. The van der Waals surface area contributed by atoms with Crippen LogP contribution >= 0.6 is 15.9 Å². The maximum atomic E-state index is 12.7. The average Bonchev–Trinajstić information content (AvgIpc) is 3.02. The number of carbonyl (C=O) groups is 1. The van der Waals surface area contributed by atoms with Gasteiger partial charge in [-0.1, -0.05) is 0 Å². The Hall–Kier alpha value is -1.84. The van der Waals surface area contributed by atoms with Crippen molar-refractivity contribution < 1.29 is 18.0 Å². The molecule has 2 rings (SSSR count). The summed E-state index contributed by atoms with van der Waals surface area (Å²) in [6.45, 7) is 0.922. The van der Waals surface area contributed by atoms with E-state index in [0.717, 1.165) is 4.68 Å². The van der Waals surface area contributed by atoms with Crippen LogP contribution in [-0.2, 0) is 19.8 Å². The number of carbonyl (C=O) groups excluding carboxylic acids is 1. The number of alkyl halides is 3. The third-order valence-electron chi connectivity index (χ3n) is 2.88. The molecule has 0 saturated carbocycles. The van der Waals surface area contributed by atoms with Gasteiger partial charge >= 0.3 is 6.18 Å². The Bertz CT molecular complexity index is 651. The van der Waals surface area contributed by atoms with Crippen LogP contribution in [0.3, 0.4) is 0 Å². The fourth-order valence-electron chi connectivity index (χ4n) is 1.89. The molecule has 10 heteroatoms. The molecule has 1 N–H and O–H groups in total. The highest BCUT2D eigenvalue weighted by atomic mass is 79.9. The lowest BCUT2D eigenvalue weighted by Crippen LogP contribution is -2.27. The predicted molar refractivity (Wildman–Crippen MR) is 75.1 cm³/mol. The minimum Gasteiger partial charge on any atom is -0.351 e. The van der Waals surface area contributed by atoms with E-state index in [0.29, 0.717) is 19.5 Å². The van der Waals surface area contributed by atoms with E-state index in [1.807, 2.05) is 0 Å². The summed E-state index contributed by atoms with van der Waals surface area (Å²) in [6.07, 6.45) is -0.580. The van der Waals surface area contributed by atoms with Crippen LogP contribution in [0.4, 0.5) is 13.2 Å². The molecule has 22 heavy (non-hydrogen) atoms. The molecule has 0 aliphatic rings. The third kappa shape index (κ3) is 3.67. The number of aromatic nitrogens is 4. The Kier molecular flexibility index (Phi) is 4.89. The Morgan fingerprint density at radius 1 is 1.45 bits per heavy atom. The zero-order valence-electron chi connectivity index (χ0n) is 11.6. The SMILES string of the molecule is Cn1nc(C(F)(F)F)c(Br)c1C(=O)NCCCn1cccn1. The van der Waals surface area contributed by atoms with Crippen LogP contribution in [0.1, 0.15) is 22.6 Å². The van der Waals surface area contributed by atoms with Crippen LogP contribution in [0.5, 0.6) is 0 Å². The molecule has 2 aromatic heterocycles. The number of hydrogen-bond acceptors (Lipinski definition) is 3. The summed E-state index contributed by atoms with van der Waals surface area (Å²) in [5.74, 6) is -0.613. The van der Waals surface area contributed by atoms with Crippen molar-refractivity contribution in [3.05, 3.63) is 34.3 Å². The Balaban J connectivity index is 1.96. The molecule has 0 aliphatic carbocycles. The van der Waals surface area contributed by atoms with Gasteiger partial charge < -0.3 is 5.32 Å². The van der Waals surface area contributed by atoms with Crippen LogP contribution in [0.2, 0.25) is 0 Å². The van der Waals surface area contributed by atoms with E-state index < -0.39 is 17.8 Å². The van der Waals surface area contributed by atoms with Gasteiger partial charge in [0.25, 0.3) is 5.91 Å². The van der Waals surface area contributed by atoms with Crippen molar-refractivity contribution in [2.45, 2.75) is 19.1 Å². The first kappa shape index (κ1) is 16.5. The molecule has 0 aromatic carbocycles.